The molecule has 7 nitrogen and oxygen atoms in total. The number of rotatable bonds is 8. The minimum atomic E-state index is -3.47. The van der Waals surface area contributed by atoms with E-state index in [4.69, 9.17) is 15.6 Å². The lowest BCUT2D eigenvalue weighted by Gasteiger charge is -2.09. The van der Waals surface area contributed by atoms with Gasteiger partial charge in [-0.25, -0.2) is 13.2 Å². The Hall–Kier alpha value is -1.61. The highest BCUT2D eigenvalue weighted by molar-refractivity contribution is 9.10. The summed E-state index contributed by atoms with van der Waals surface area (Å²) in [5, 5.41) is 9.02. The van der Waals surface area contributed by atoms with Crippen LogP contribution >= 0.6 is 15.9 Å². The molecule has 0 unspecified atom stereocenters. The van der Waals surface area contributed by atoms with Crippen LogP contribution in [0, 0.1) is 0 Å². The first-order valence-electron chi connectivity index (χ1n) is 5.85. The minimum absolute atomic E-state index is 0.0705. The zero-order valence-electron chi connectivity index (χ0n) is 10.9. The van der Waals surface area contributed by atoms with Gasteiger partial charge in [0.25, 0.3) is 0 Å². The van der Waals surface area contributed by atoms with Crippen molar-refractivity contribution in [1.82, 2.24) is 0 Å². The smallest absolute Gasteiger partial charge is 0.339 e. The van der Waals surface area contributed by atoms with Gasteiger partial charge in [-0.3, -0.25) is 4.79 Å². The van der Waals surface area contributed by atoms with Gasteiger partial charge in [0.2, 0.25) is 5.91 Å². The third-order valence-electron chi connectivity index (χ3n) is 2.48. The zero-order chi connectivity index (χ0) is 16.0. The predicted molar refractivity (Wildman–Crippen MR) is 79.1 cm³/mol. The van der Waals surface area contributed by atoms with E-state index in [9.17, 15) is 18.0 Å². The molecule has 0 saturated carbocycles. The van der Waals surface area contributed by atoms with Crippen molar-refractivity contribution < 1.29 is 27.9 Å². The van der Waals surface area contributed by atoms with Crippen LogP contribution in [-0.4, -0.2) is 43.5 Å². The van der Waals surface area contributed by atoms with Gasteiger partial charge in [-0.1, -0.05) is 15.9 Å². The molecule has 0 aliphatic rings. The maximum atomic E-state index is 11.6. The third kappa shape index (κ3) is 6.13. The molecular weight excluding hydrogens is 366 g/mol. The summed E-state index contributed by atoms with van der Waals surface area (Å²) in [4.78, 5) is 21.6. The second kappa shape index (κ2) is 7.41. The van der Waals surface area contributed by atoms with Gasteiger partial charge in [-0.05, 0) is 18.2 Å². The normalized spacial score (nSPS) is 11.1. The van der Waals surface area contributed by atoms with E-state index in [0.717, 1.165) is 0 Å². The molecule has 0 aliphatic heterocycles. The third-order valence-corrected chi connectivity index (χ3v) is 4.59. The lowest BCUT2D eigenvalue weighted by molar-refractivity contribution is -0.117. The van der Waals surface area contributed by atoms with Gasteiger partial charge in [0, 0.05) is 10.9 Å². The number of carbonyl (C=O) groups excluding carboxylic acids is 1. The van der Waals surface area contributed by atoms with Gasteiger partial charge >= 0.3 is 5.97 Å². The molecule has 116 valence electrons. The average molecular weight is 380 g/mol. The molecule has 0 heterocycles. The number of nitrogens with two attached hydrogens (primary N) is 1. The van der Waals surface area contributed by atoms with E-state index >= 15 is 0 Å². The Labute approximate surface area is 130 Å². The number of primary amides is 1. The molecular formula is C12H14BrNO6S. The first-order valence-corrected chi connectivity index (χ1v) is 8.47. The Bertz CT molecular complexity index is 643. The second-order valence-electron chi connectivity index (χ2n) is 4.16. The number of hydrogen-bond acceptors (Lipinski definition) is 5. The molecule has 0 saturated heterocycles. The fourth-order valence-electron chi connectivity index (χ4n) is 1.43. The lowest BCUT2D eigenvalue weighted by atomic mass is 10.2. The van der Waals surface area contributed by atoms with Crippen molar-refractivity contribution in [2.75, 3.05) is 18.1 Å². The van der Waals surface area contributed by atoms with E-state index in [0.29, 0.717) is 4.47 Å². The summed E-state index contributed by atoms with van der Waals surface area (Å²) in [6.45, 7) is -0.205. The number of carbonyl (C=O) groups is 2. The number of amides is 1. The molecule has 0 atom stereocenters. The second-order valence-corrected chi connectivity index (χ2v) is 7.38. The van der Waals surface area contributed by atoms with Crippen LogP contribution in [0.4, 0.5) is 0 Å². The molecule has 0 fully saturated rings. The van der Waals surface area contributed by atoms with Crippen LogP contribution in [0.2, 0.25) is 0 Å². The molecule has 1 aromatic carbocycles. The van der Waals surface area contributed by atoms with Gasteiger partial charge in [0.1, 0.15) is 17.9 Å². The highest BCUT2D eigenvalue weighted by atomic mass is 79.9. The molecule has 21 heavy (non-hydrogen) atoms. The molecule has 9 heteroatoms. The number of aromatic carboxylic acids is 1. The van der Waals surface area contributed by atoms with E-state index < -0.39 is 21.7 Å². The first-order chi connectivity index (χ1) is 9.71. The molecule has 0 spiro atoms. The first kappa shape index (κ1) is 17.4. The van der Waals surface area contributed by atoms with Crippen LogP contribution in [0.25, 0.3) is 0 Å². The van der Waals surface area contributed by atoms with Crippen LogP contribution in [0.5, 0.6) is 5.75 Å². The standard InChI is InChI=1S/C12H14BrNO6S/c13-8-1-2-10(9(7-8)12(16)17)20-4-6-21(18,19)5-3-11(14)15/h1-2,7H,3-6H2,(H2,14,15)(H,16,17). The average Bonchev–Trinajstić information content (AvgIpc) is 2.38. The summed E-state index contributed by atoms with van der Waals surface area (Å²) in [5.41, 5.74) is 4.81. The Morgan fingerprint density at radius 3 is 2.52 bits per heavy atom. The van der Waals surface area contributed by atoms with E-state index in [1.165, 1.54) is 12.1 Å². The largest absolute Gasteiger partial charge is 0.492 e. The highest BCUT2D eigenvalue weighted by Gasteiger charge is 2.15. The van der Waals surface area contributed by atoms with Crippen LogP contribution in [0.1, 0.15) is 16.8 Å². The number of hydrogen-bond donors (Lipinski definition) is 2. The number of carboxylic acid groups (broad SMARTS) is 1. The van der Waals surface area contributed by atoms with E-state index in [2.05, 4.69) is 15.9 Å². The summed E-state index contributed by atoms with van der Waals surface area (Å²) >= 11 is 3.14. The number of ether oxygens (including phenoxy) is 1. The molecule has 1 amide bonds. The number of carboxylic acids is 1. The van der Waals surface area contributed by atoms with Crippen molar-refractivity contribution in [3.8, 4) is 5.75 Å². The monoisotopic (exact) mass is 379 g/mol. The summed E-state index contributed by atoms with van der Waals surface area (Å²) < 4.78 is 28.9. The molecule has 0 radical (unpaired) electrons. The van der Waals surface area contributed by atoms with Crippen LogP contribution in [0.15, 0.2) is 22.7 Å². The van der Waals surface area contributed by atoms with Gasteiger partial charge in [-0.2, -0.15) is 0 Å². The Balaban J connectivity index is 2.64. The molecule has 0 aliphatic carbocycles. The van der Waals surface area contributed by atoms with Gasteiger partial charge < -0.3 is 15.6 Å². The molecule has 1 aromatic rings. The molecule has 0 aromatic heterocycles. The maximum Gasteiger partial charge on any atom is 0.339 e. The topological polar surface area (TPSA) is 124 Å². The Kier molecular flexibility index (Phi) is 6.16. The maximum absolute atomic E-state index is 11.6. The van der Waals surface area contributed by atoms with Gasteiger partial charge in [0.05, 0.1) is 11.5 Å². The van der Waals surface area contributed by atoms with E-state index in [-0.39, 0.29) is 35.8 Å². The van der Waals surface area contributed by atoms with Crippen molar-refractivity contribution in [1.29, 1.82) is 0 Å². The van der Waals surface area contributed by atoms with Gasteiger partial charge in [0.15, 0.2) is 9.84 Å². The van der Waals surface area contributed by atoms with Gasteiger partial charge in [-0.15, -0.1) is 0 Å². The Morgan fingerprint density at radius 2 is 1.95 bits per heavy atom. The summed E-state index contributed by atoms with van der Waals surface area (Å²) in [5.74, 6) is -2.47. The van der Waals surface area contributed by atoms with E-state index in [1.54, 1.807) is 6.07 Å². The van der Waals surface area contributed by atoms with Crippen molar-refractivity contribution >= 4 is 37.6 Å². The number of sulfone groups is 1. The molecule has 3 N–H and O–H groups in total. The number of halogens is 1. The SMILES string of the molecule is NC(=O)CCS(=O)(=O)CCOc1ccc(Br)cc1C(=O)O. The van der Waals surface area contributed by atoms with Crippen molar-refractivity contribution in [2.45, 2.75) is 6.42 Å². The zero-order valence-corrected chi connectivity index (χ0v) is 13.3. The molecule has 1 rings (SSSR count). The Morgan fingerprint density at radius 1 is 1.29 bits per heavy atom. The fourth-order valence-corrected chi connectivity index (χ4v) is 2.85. The quantitative estimate of drug-likeness (QED) is 0.688. The highest BCUT2D eigenvalue weighted by Crippen LogP contribution is 2.23. The summed E-state index contributed by atoms with van der Waals surface area (Å²) in [6, 6.07) is 4.38. The van der Waals surface area contributed by atoms with Crippen LogP contribution < -0.4 is 10.5 Å². The van der Waals surface area contributed by atoms with Crippen LogP contribution in [-0.2, 0) is 14.6 Å². The van der Waals surface area contributed by atoms with Crippen molar-refractivity contribution in [3.05, 3.63) is 28.2 Å². The molecule has 0 bridgehead atoms. The predicted octanol–water partition coefficient (Wildman–Crippen LogP) is 0.816. The lowest BCUT2D eigenvalue weighted by Crippen LogP contribution is -2.22. The van der Waals surface area contributed by atoms with Crippen LogP contribution in [0.3, 0.4) is 0 Å². The fraction of sp³-hybridized carbons (Fsp3) is 0.333. The van der Waals surface area contributed by atoms with Crippen molar-refractivity contribution in [3.63, 3.8) is 0 Å². The van der Waals surface area contributed by atoms with E-state index in [1.807, 2.05) is 0 Å². The van der Waals surface area contributed by atoms with Crippen molar-refractivity contribution in [2.24, 2.45) is 5.73 Å². The summed E-state index contributed by atoms with van der Waals surface area (Å²) in [7, 11) is -3.47. The number of benzene rings is 1. The minimum Gasteiger partial charge on any atom is -0.492 e. The summed E-state index contributed by atoms with van der Waals surface area (Å²) in [6.07, 6.45) is -0.249.